The highest BCUT2D eigenvalue weighted by atomic mass is 16.1. The second kappa shape index (κ2) is 8.56. The van der Waals surface area contributed by atoms with E-state index >= 15 is 0 Å². The molecular weight excluding hydrogens is 288 g/mol. The standard InChI is InChI=1S/C18H28N4O/c1-3-20-18(21-12-16-9-5-4-7-14(16)2)22-10-6-8-15(13-22)11-17(19)23/h4-5,7,9,15H,3,6,8,10-13H2,1-2H3,(H2,19,23)(H,20,21). The Labute approximate surface area is 139 Å². The quantitative estimate of drug-likeness (QED) is 0.645. The van der Waals surface area contributed by atoms with Gasteiger partial charge in [-0.1, -0.05) is 24.3 Å². The number of nitrogens with two attached hydrogens (primary N) is 1. The number of hydrogen-bond acceptors (Lipinski definition) is 2. The Hall–Kier alpha value is -2.04. The molecule has 2 rings (SSSR count). The van der Waals surface area contributed by atoms with E-state index < -0.39 is 0 Å². The van der Waals surface area contributed by atoms with E-state index in [-0.39, 0.29) is 5.91 Å². The summed E-state index contributed by atoms with van der Waals surface area (Å²) in [6.07, 6.45) is 2.61. The van der Waals surface area contributed by atoms with Crippen molar-refractivity contribution in [3.05, 3.63) is 35.4 Å². The molecule has 1 aromatic rings. The Morgan fingerprint density at radius 3 is 2.91 bits per heavy atom. The summed E-state index contributed by atoms with van der Waals surface area (Å²) >= 11 is 0. The lowest BCUT2D eigenvalue weighted by Crippen LogP contribution is -2.47. The smallest absolute Gasteiger partial charge is 0.217 e. The number of carbonyl (C=O) groups is 1. The predicted molar refractivity (Wildman–Crippen MR) is 94.1 cm³/mol. The van der Waals surface area contributed by atoms with Crippen molar-refractivity contribution in [2.45, 2.75) is 39.7 Å². The average Bonchev–Trinajstić information content (AvgIpc) is 2.52. The molecule has 1 aliphatic rings. The fourth-order valence-corrected chi connectivity index (χ4v) is 3.08. The Bertz CT molecular complexity index is 556. The molecule has 0 spiro atoms. The van der Waals surface area contributed by atoms with Crippen molar-refractivity contribution < 1.29 is 4.79 Å². The number of rotatable bonds is 5. The predicted octanol–water partition coefficient (Wildman–Crippen LogP) is 2.05. The van der Waals surface area contributed by atoms with Gasteiger partial charge in [0.1, 0.15) is 0 Å². The first-order chi connectivity index (χ1) is 11.1. The normalized spacial score (nSPS) is 18.8. The van der Waals surface area contributed by atoms with Crippen LogP contribution in [0.15, 0.2) is 29.3 Å². The van der Waals surface area contributed by atoms with Crippen LogP contribution in [0.3, 0.4) is 0 Å². The molecule has 1 heterocycles. The van der Waals surface area contributed by atoms with Crippen LogP contribution in [0.1, 0.15) is 37.3 Å². The number of aliphatic imine (C=N–C) groups is 1. The van der Waals surface area contributed by atoms with Crippen molar-refractivity contribution in [2.24, 2.45) is 16.6 Å². The number of amides is 1. The van der Waals surface area contributed by atoms with Crippen LogP contribution in [0.2, 0.25) is 0 Å². The Kier molecular flexibility index (Phi) is 6.44. The molecule has 1 aromatic carbocycles. The minimum absolute atomic E-state index is 0.210. The molecule has 3 N–H and O–H groups in total. The molecule has 1 aliphatic heterocycles. The summed E-state index contributed by atoms with van der Waals surface area (Å²) in [6.45, 7) is 7.53. The molecule has 126 valence electrons. The van der Waals surface area contributed by atoms with Gasteiger partial charge in [0, 0.05) is 26.1 Å². The molecule has 0 radical (unpaired) electrons. The summed E-state index contributed by atoms with van der Waals surface area (Å²) in [5, 5.41) is 3.38. The van der Waals surface area contributed by atoms with Gasteiger partial charge < -0.3 is 16.0 Å². The first kappa shape index (κ1) is 17.3. The number of aryl methyl sites for hydroxylation is 1. The maximum atomic E-state index is 11.2. The van der Waals surface area contributed by atoms with Gasteiger partial charge in [-0.15, -0.1) is 0 Å². The Morgan fingerprint density at radius 2 is 2.22 bits per heavy atom. The summed E-state index contributed by atoms with van der Waals surface area (Å²) in [5.74, 6) is 1.06. The SMILES string of the molecule is CCNC(=NCc1ccccc1C)N1CCCC(CC(N)=O)C1. The third kappa shape index (κ3) is 5.27. The van der Waals surface area contributed by atoms with Crippen LogP contribution in [0.4, 0.5) is 0 Å². The number of nitrogens with one attached hydrogen (secondary N) is 1. The number of carbonyl (C=O) groups excluding carboxylic acids is 1. The van der Waals surface area contributed by atoms with E-state index in [0.717, 1.165) is 38.4 Å². The average molecular weight is 316 g/mol. The molecule has 1 atom stereocenters. The van der Waals surface area contributed by atoms with E-state index in [1.165, 1.54) is 11.1 Å². The molecule has 1 unspecified atom stereocenters. The van der Waals surface area contributed by atoms with E-state index in [9.17, 15) is 4.79 Å². The summed E-state index contributed by atoms with van der Waals surface area (Å²) in [5.41, 5.74) is 7.86. The number of guanidine groups is 1. The molecule has 0 aliphatic carbocycles. The van der Waals surface area contributed by atoms with E-state index in [1.807, 2.05) is 6.07 Å². The third-order valence-corrected chi connectivity index (χ3v) is 4.30. The highest BCUT2D eigenvalue weighted by molar-refractivity contribution is 5.80. The molecule has 23 heavy (non-hydrogen) atoms. The van der Waals surface area contributed by atoms with Gasteiger partial charge in [0.25, 0.3) is 0 Å². The lowest BCUT2D eigenvalue weighted by atomic mass is 9.95. The third-order valence-electron chi connectivity index (χ3n) is 4.30. The topological polar surface area (TPSA) is 70.7 Å². The molecule has 5 nitrogen and oxygen atoms in total. The van der Waals surface area contributed by atoms with Gasteiger partial charge in [-0.25, -0.2) is 4.99 Å². The second-order valence-electron chi connectivity index (χ2n) is 6.22. The van der Waals surface area contributed by atoms with Crippen molar-refractivity contribution in [3.63, 3.8) is 0 Å². The second-order valence-corrected chi connectivity index (χ2v) is 6.22. The maximum Gasteiger partial charge on any atom is 0.217 e. The zero-order chi connectivity index (χ0) is 16.7. The first-order valence-electron chi connectivity index (χ1n) is 8.46. The fourth-order valence-electron chi connectivity index (χ4n) is 3.08. The number of nitrogens with zero attached hydrogens (tertiary/aromatic N) is 2. The van der Waals surface area contributed by atoms with Crippen molar-refractivity contribution in [1.82, 2.24) is 10.2 Å². The van der Waals surface area contributed by atoms with Gasteiger partial charge in [0.05, 0.1) is 6.54 Å². The van der Waals surface area contributed by atoms with Gasteiger partial charge in [-0.3, -0.25) is 4.79 Å². The molecule has 0 saturated carbocycles. The summed E-state index contributed by atoms with van der Waals surface area (Å²) in [6, 6.07) is 8.33. The van der Waals surface area contributed by atoms with Gasteiger partial charge in [0.15, 0.2) is 5.96 Å². The van der Waals surface area contributed by atoms with E-state index in [0.29, 0.717) is 18.9 Å². The van der Waals surface area contributed by atoms with Crippen LogP contribution < -0.4 is 11.1 Å². The van der Waals surface area contributed by atoms with Gasteiger partial charge >= 0.3 is 0 Å². The van der Waals surface area contributed by atoms with E-state index in [2.05, 4.69) is 42.3 Å². The molecular formula is C18H28N4O. The van der Waals surface area contributed by atoms with Crippen LogP contribution in [-0.2, 0) is 11.3 Å². The highest BCUT2D eigenvalue weighted by Gasteiger charge is 2.23. The Balaban J connectivity index is 2.06. The Morgan fingerprint density at radius 1 is 1.43 bits per heavy atom. The number of primary amides is 1. The largest absolute Gasteiger partial charge is 0.370 e. The van der Waals surface area contributed by atoms with Crippen LogP contribution in [-0.4, -0.2) is 36.4 Å². The van der Waals surface area contributed by atoms with E-state index in [4.69, 9.17) is 10.7 Å². The van der Waals surface area contributed by atoms with Crippen LogP contribution >= 0.6 is 0 Å². The molecule has 1 amide bonds. The molecule has 1 fully saturated rings. The number of piperidine rings is 1. The van der Waals surface area contributed by atoms with Crippen LogP contribution in [0, 0.1) is 12.8 Å². The number of benzene rings is 1. The van der Waals surface area contributed by atoms with Crippen LogP contribution in [0.25, 0.3) is 0 Å². The summed E-state index contributed by atoms with van der Waals surface area (Å²) in [7, 11) is 0. The van der Waals surface area contributed by atoms with Crippen LogP contribution in [0.5, 0.6) is 0 Å². The summed E-state index contributed by atoms with van der Waals surface area (Å²) in [4.78, 5) is 18.2. The highest BCUT2D eigenvalue weighted by Crippen LogP contribution is 2.19. The fraction of sp³-hybridized carbons (Fsp3) is 0.556. The minimum Gasteiger partial charge on any atom is -0.370 e. The zero-order valence-corrected chi connectivity index (χ0v) is 14.2. The van der Waals surface area contributed by atoms with Gasteiger partial charge in [0.2, 0.25) is 5.91 Å². The number of hydrogen-bond donors (Lipinski definition) is 2. The lowest BCUT2D eigenvalue weighted by Gasteiger charge is -2.34. The lowest BCUT2D eigenvalue weighted by molar-refractivity contribution is -0.119. The zero-order valence-electron chi connectivity index (χ0n) is 14.2. The monoisotopic (exact) mass is 316 g/mol. The molecule has 0 aromatic heterocycles. The molecule has 0 bridgehead atoms. The number of likely N-dealkylation sites (tertiary alicyclic amines) is 1. The molecule has 5 heteroatoms. The van der Waals surface area contributed by atoms with Gasteiger partial charge in [-0.2, -0.15) is 0 Å². The van der Waals surface area contributed by atoms with E-state index in [1.54, 1.807) is 0 Å². The van der Waals surface area contributed by atoms with Crippen molar-refractivity contribution in [2.75, 3.05) is 19.6 Å². The van der Waals surface area contributed by atoms with Crippen molar-refractivity contribution in [3.8, 4) is 0 Å². The maximum absolute atomic E-state index is 11.2. The van der Waals surface area contributed by atoms with Gasteiger partial charge in [-0.05, 0) is 43.7 Å². The van der Waals surface area contributed by atoms with Crippen molar-refractivity contribution in [1.29, 1.82) is 0 Å². The van der Waals surface area contributed by atoms with Crippen molar-refractivity contribution >= 4 is 11.9 Å². The summed E-state index contributed by atoms with van der Waals surface area (Å²) < 4.78 is 0. The first-order valence-corrected chi connectivity index (χ1v) is 8.46. The molecule has 1 saturated heterocycles. The minimum atomic E-state index is -0.210.